The highest BCUT2D eigenvalue weighted by molar-refractivity contribution is 7.19. The summed E-state index contributed by atoms with van der Waals surface area (Å²) in [6, 6.07) is 6.40. The Morgan fingerprint density at radius 3 is 2.67 bits per heavy atom. The van der Waals surface area contributed by atoms with E-state index in [0.717, 1.165) is 10.4 Å². The molecule has 1 nitrogen and oxygen atoms in total. The van der Waals surface area contributed by atoms with Crippen molar-refractivity contribution in [2.24, 2.45) is 0 Å². The summed E-state index contributed by atoms with van der Waals surface area (Å²) in [7, 11) is 0. The van der Waals surface area contributed by atoms with Crippen molar-refractivity contribution in [3.8, 4) is 10.4 Å². The van der Waals surface area contributed by atoms with Crippen LogP contribution in [0.15, 0.2) is 24.3 Å². The lowest BCUT2D eigenvalue weighted by Gasteiger charge is -2.00. The fourth-order valence-electron chi connectivity index (χ4n) is 1.32. The SMILES string of the molecule is Cc1cc(-c2cc(N)ccc2F)sc1Cl. The number of benzene rings is 1. The number of thiophene rings is 1. The Bertz CT molecular complexity index is 488. The van der Waals surface area contributed by atoms with Gasteiger partial charge in [0, 0.05) is 16.1 Å². The minimum atomic E-state index is -0.276. The second kappa shape index (κ2) is 3.83. The molecule has 0 atom stereocenters. The summed E-state index contributed by atoms with van der Waals surface area (Å²) in [5.74, 6) is -0.276. The molecule has 0 saturated heterocycles. The Labute approximate surface area is 96.3 Å². The molecular weight excluding hydrogens is 233 g/mol. The molecule has 1 heterocycles. The predicted octanol–water partition coefficient (Wildman–Crippen LogP) is 4.10. The van der Waals surface area contributed by atoms with Crippen LogP contribution < -0.4 is 5.73 Å². The lowest BCUT2D eigenvalue weighted by atomic mass is 10.1. The number of anilines is 1. The molecule has 0 unspecified atom stereocenters. The molecule has 15 heavy (non-hydrogen) atoms. The van der Waals surface area contributed by atoms with Gasteiger partial charge in [-0.25, -0.2) is 4.39 Å². The van der Waals surface area contributed by atoms with Crippen LogP contribution >= 0.6 is 22.9 Å². The van der Waals surface area contributed by atoms with Crippen LogP contribution in [-0.2, 0) is 0 Å². The highest BCUT2D eigenvalue weighted by atomic mass is 35.5. The maximum Gasteiger partial charge on any atom is 0.131 e. The summed E-state index contributed by atoms with van der Waals surface area (Å²) in [4.78, 5) is 0.808. The Morgan fingerprint density at radius 1 is 1.33 bits per heavy atom. The second-order valence-electron chi connectivity index (χ2n) is 3.31. The number of aryl methyl sites for hydroxylation is 1. The Balaban J connectivity index is 2.58. The Kier molecular flexibility index (Phi) is 2.67. The fourth-order valence-corrected chi connectivity index (χ4v) is 2.54. The van der Waals surface area contributed by atoms with Crippen molar-refractivity contribution < 1.29 is 4.39 Å². The first-order valence-corrected chi connectivity index (χ1v) is 5.58. The number of nitrogen functional groups attached to an aromatic ring is 1. The number of hydrogen-bond donors (Lipinski definition) is 1. The van der Waals surface area contributed by atoms with Gasteiger partial charge in [-0.1, -0.05) is 11.6 Å². The van der Waals surface area contributed by atoms with Gasteiger partial charge >= 0.3 is 0 Å². The fraction of sp³-hybridized carbons (Fsp3) is 0.0909. The maximum atomic E-state index is 13.5. The molecule has 0 radical (unpaired) electrons. The zero-order chi connectivity index (χ0) is 11.0. The standard InChI is InChI=1S/C11H9ClFNS/c1-6-4-10(15-11(6)12)8-5-7(14)2-3-9(8)13/h2-5H,14H2,1H3. The van der Waals surface area contributed by atoms with Crippen LogP contribution in [0.3, 0.4) is 0 Å². The number of halogens is 2. The summed E-state index contributed by atoms with van der Waals surface area (Å²) >= 11 is 7.30. The smallest absolute Gasteiger partial charge is 0.131 e. The first kappa shape index (κ1) is 10.5. The topological polar surface area (TPSA) is 26.0 Å². The van der Waals surface area contributed by atoms with Gasteiger partial charge in [0.1, 0.15) is 5.82 Å². The molecule has 0 aliphatic rings. The van der Waals surface area contributed by atoms with E-state index < -0.39 is 0 Å². The van der Waals surface area contributed by atoms with Crippen LogP contribution in [0.4, 0.5) is 10.1 Å². The maximum absolute atomic E-state index is 13.5. The zero-order valence-corrected chi connectivity index (χ0v) is 9.62. The van der Waals surface area contributed by atoms with Crippen LogP contribution in [0.2, 0.25) is 4.34 Å². The summed E-state index contributed by atoms with van der Waals surface area (Å²) in [6.07, 6.45) is 0. The zero-order valence-electron chi connectivity index (χ0n) is 8.05. The summed E-state index contributed by atoms with van der Waals surface area (Å²) in [6.45, 7) is 1.90. The quantitative estimate of drug-likeness (QED) is 0.748. The molecule has 0 aliphatic carbocycles. The third-order valence-corrected chi connectivity index (χ3v) is 3.70. The molecule has 78 valence electrons. The van der Waals surface area contributed by atoms with E-state index in [1.54, 1.807) is 12.1 Å². The van der Waals surface area contributed by atoms with Gasteiger partial charge in [-0.05, 0) is 36.8 Å². The molecule has 1 aromatic heterocycles. The van der Waals surface area contributed by atoms with E-state index in [1.165, 1.54) is 17.4 Å². The molecule has 2 rings (SSSR count). The van der Waals surface area contributed by atoms with Crippen molar-refractivity contribution in [2.45, 2.75) is 6.92 Å². The first-order valence-electron chi connectivity index (χ1n) is 4.39. The lowest BCUT2D eigenvalue weighted by Crippen LogP contribution is -1.87. The molecule has 0 spiro atoms. The molecule has 1 aromatic carbocycles. The van der Waals surface area contributed by atoms with Crippen LogP contribution in [-0.4, -0.2) is 0 Å². The summed E-state index contributed by atoms with van der Waals surface area (Å²) in [5, 5.41) is 0. The van der Waals surface area contributed by atoms with E-state index >= 15 is 0 Å². The number of nitrogens with two attached hydrogens (primary N) is 1. The van der Waals surface area contributed by atoms with Crippen LogP contribution in [0.5, 0.6) is 0 Å². The predicted molar refractivity (Wildman–Crippen MR) is 63.9 cm³/mol. The third kappa shape index (κ3) is 1.98. The number of hydrogen-bond acceptors (Lipinski definition) is 2. The Hall–Kier alpha value is -1.06. The highest BCUT2D eigenvalue weighted by Crippen LogP contribution is 2.36. The summed E-state index contributed by atoms with van der Waals surface area (Å²) < 4.78 is 14.2. The molecule has 0 fully saturated rings. The van der Waals surface area contributed by atoms with Gasteiger partial charge in [-0.15, -0.1) is 11.3 Å². The van der Waals surface area contributed by atoms with Crippen molar-refractivity contribution in [3.63, 3.8) is 0 Å². The van der Waals surface area contributed by atoms with Gasteiger partial charge in [0.2, 0.25) is 0 Å². The molecule has 4 heteroatoms. The largest absolute Gasteiger partial charge is 0.399 e. The van der Waals surface area contributed by atoms with Crippen molar-refractivity contribution in [1.82, 2.24) is 0 Å². The molecule has 0 saturated carbocycles. The van der Waals surface area contributed by atoms with Crippen molar-refractivity contribution in [3.05, 3.63) is 40.0 Å². The van der Waals surface area contributed by atoms with E-state index in [9.17, 15) is 4.39 Å². The molecule has 0 amide bonds. The Morgan fingerprint density at radius 2 is 2.07 bits per heavy atom. The third-order valence-electron chi connectivity index (χ3n) is 2.11. The molecule has 0 bridgehead atoms. The van der Waals surface area contributed by atoms with Gasteiger partial charge < -0.3 is 5.73 Å². The second-order valence-corrected chi connectivity index (χ2v) is 4.96. The monoisotopic (exact) mass is 241 g/mol. The van der Waals surface area contributed by atoms with Gasteiger partial charge in [0.25, 0.3) is 0 Å². The average Bonchev–Trinajstić information content (AvgIpc) is 2.51. The van der Waals surface area contributed by atoms with Gasteiger partial charge in [-0.3, -0.25) is 0 Å². The van der Waals surface area contributed by atoms with E-state index in [-0.39, 0.29) is 5.82 Å². The van der Waals surface area contributed by atoms with Crippen molar-refractivity contribution in [1.29, 1.82) is 0 Å². The van der Waals surface area contributed by atoms with Gasteiger partial charge in [0.05, 0.1) is 4.34 Å². The van der Waals surface area contributed by atoms with Crippen molar-refractivity contribution >= 4 is 28.6 Å². The van der Waals surface area contributed by atoms with E-state index in [2.05, 4.69) is 0 Å². The lowest BCUT2D eigenvalue weighted by molar-refractivity contribution is 0.632. The normalized spacial score (nSPS) is 10.6. The highest BCUT2D eigenvalue weighted by Gasteiger charge is 2.10. The van der Waals surface area contributed by atoms with E-state index in [0.29, 0.717) is 15.6 Å². The summed E-state index contributed by atoms with van der Waals surface area (Å²) in [5.41, 5.74) is 7.63. The molecule has 0 aliphatic heterocycles. The van der Waals surface area contributed by atoms with Crippen molar-refractivity contribution in [2.75, 3.05) is 5.73 Å². The minimum absolute atomic E-state index is 0.276. The molecule has 2 N–H and O–H groups in total. The van der Waals surface area contributed by atoms with Crippen LogP contribution in [0.1, 0.15) is 5.56 Å². The van der Waals surface area contributed by atoms with Crippen LogP contribution in [0.25, 0.3) is 10.4 Å². The van der Waals surface area contributed by atoms with Crippen LogP contribution in [0, 0.1) is 12.7 Å². The molecule has 2 aromatic rings. The average molecular weight is 242 g/mol. The van der Waals surface area contributed by atoms with Gasteiger partial charge in [-0.2, -0.15) is 0 Å². The first-order chi connectivity index (χ1) is 7.08. The van der Waals surface area contributed by atoms with Gasteiger partial charge in [0.15, 0.2) is 0 Å². The molecular formula is C11H9ClFNS. The number of rotatable bonds is 1. The van der Waals surface area contributed by atoms with E-state index in [4.69, 9.17) is 17.3 Å². The van der Waals surface area contributed by atoms with E-state index in [1.807, 2.05) is 13.0 Å². The minimum Gasteiger partial charge on any atom is -0.399 e.